The van der Waals surface area contributed by atoms with E-state index in [1.807, 2.05) is 0 Å². The van der Waals surface area contributed by atoms with Gasteiger partial charge in [-0.3, -0.25) is 4.79 Å². The van der Waals surface area contributed by atoms with Crippen LogP contribution in [0.1, 0.15) is 72.1 Å². The Balaban J connectivity index is 1.65. The molecule has 4 rings (SSSR count). The molecule has 1 N–H and O–H groups in total. The first-order chi connectivity index (χ1) is 10.4. The Bertz CT molecular complexity index is 486. The van der Waals surface area contributed by atoms with E-state index in [4.69, 9.17) is 0 Å². The molecule has 4 aliphatic rings. The first-order valence-electron chi connectivity index (χ1n) is 9.57. The van der Waals surface area contributed by atoms with Crippen molar-refractivity contribution in [2.45, 2.75) is 78.2 Å². The Labute approximate surface area is 135 Å². The number of aliphatic hydroxyl groups is 1. The van der Waals surface area contributed by atoms with E-state index < -0.39 is 0 Å². The minimum atomic E-state index is -0.0733. The van der Waals surface area contributed by atoms with Crippen molar-refractivity contribution in [1.82, 2.24) is 0 Å². The second kappa shape index (κ2) is 4.82. The summed E-state index contributed by atoms with van der Waals surface area (Å²) in [4.78, 5) is 12.2. The highest BCUT2D eigenvalue weighted by molar-refractivity contribution is 5.82. The van der Waals surface area contributed by atoms with E-state index >= 15 is 0 Å². The topological polar surface area (TPSA) is 37.3 Å². The van der Waals surface area contributed by atoms with Crippen LogP contribution in [0.5, 0.6) is 0 Å². The smallest absolute Gasteiger partial charge is 0.136 e. The molecule has 0 saturated heterocycles. The van der Waals surface area contributed by atoms with Crippen molar-refractivity contribution in [2.75, 3.05) is 0 Å². The third-order valence-electron chi connectivity index (χ3n) is 8.76. The third kappa shape index (κ3) is 1.85. The number of rotatable bonds is 0. The molecule has 0 spiro atoms. The fourth-order valence-electron chi connectivity index (χ4n) is 7.38. The monoisotopic (exact) mass is 304 g/mol. The summed E-state index contributed by atoms with van der Waals surface area (Å²) in [6, 6.07) is 0. The van der Waals surface area contributed by atoms with Crippen molar-refractivity contribution in [2.24, 2.45) is 40.4 Å². The highest BCUT2D eigenvalue weighted by Crippen LogP contribution is 2.66. The van der Waals surface area contributed by atoms with E-state index in [-0.39, 0.29) is 17.4 Å². The number of ketones is 1. The summed E-state index contributed by atoms with van der Waals surface area (Å²) in [5, 5.41) is 10.5. The molecule has 2 nitrogen and oxygen atoms in total. The lowest BCUT2D eigenvalue weighted by Gasteiger charge is -2.60. The predicted molar refractivity (Wildman–Crippen MR) is 87.3 cm³/mol. The molecule has 0 aromatic carbocycles. The lowest BCUT2D eigenvalue weighted by Crippen LogP contribution is -2.55. The quantitative estimate of drug-likeness (QED) is 0.728. The summed E-state index contributed by atoms with van der Waals surface area (Å²) in [6.07, 6.45) is 9.16. The van der Waals surface area contributed by atoms with Crippen LogP contribution < -0.4 is 0 Å². The molecule has 0 aliphatic heterocycles. The average Bonchev–Trinajstić information content (AvgIpc) is 2.77. The van der Waals surface area contributed by atoms with Crippen molar-refractivity contribution >= 4 is 5.78 Å². The van der Waals surface area contributed by atoms with Crippen LogP contribution in [-0.2, 0) is 4.79 Å². The van der Waals surface area contributed by atoms with Gasteiger partial charge >= 0.3 is 0 Å². The number of carbonyl (C=O) groups is 1. The molecular weight excluding hydrogens is 272 g/mol. The Morgan fingerprint density at radius 1 is 1.00 bits per heavy atom. The number of aliphatic hydroxyl groups excluding tert-OH is 1. The largest absolute Gasteiger partial charge is 0.393 e. The molecule has 4 fully saturated rings. The maximum atomic E-state index is 12.2. The second-order valence-corrected chi connectivity index (χ2v) is 9.57. The predicted octanol–water partition coefficient (Wildman–Crippen LogP) is 4.21. The highest BCUT2D eigenvalue weighted by Gasteiger charge is 2.60. The summed E-state index contributed by atoms with van der Waals surface area (Å²) in [5.74, 6) is 3.74. The van der Waals surface area contributed by atoms with Crippen molar-refractivity contribution < 1.29 is 9.90 Å². The van der Waals surface area contributed by atoms with E-state index in [2.05, 4.69) is 20.8 Å². The zero-order chi connectivity index (χ0) is 15.7. The van der Waals surface area contributed by atoms with Crippen LogP contribution in [0.2, 0.25) is 0 Å². The van der Waals surface area contributed by atoms with Crippen LogP contribution in [0.3, 0.4) is 0 Å². The molecule has 124 valence electrons. The first kappa shape index (κ1) is 15.2. The summed E-state index contributed by atoms with van der Waals surface area (Å²) < 4.78 is 0. The van der Waals surface area contributed by atoms with Gasteiger partial charge < -0.3 is 5.11 Å². The van der Waals surface area contributed by atoms with Gasteiger partial charge in [0.1, 0.15) is 5.78 Å². The lowest BCUT2D eigenvalue weighted by atomic mass is 9.44. The van der Waals surface area contributed by atoms with Crippen LogP contribution in [0.4, 0.5) is 0 Å². The molecule has 1 unspecified atom stereocenters. The van der Waals surface area contributed by atoms with Gasteiger partial charge in [-0.2, -0.15) is 0 Å². The molecule has 0 heterocycles. The molecule has 0 bridgehead atoms. The van der Waals surface area contributed by atoms with Crippen LogP contribution in [0.15, 0.2) is 0 Å². The summed E-state index contributed by atoms with van der Waals surface area (Å²) >= 11 is 0. The van der Waals surface area contributed by atoms with Crippen molar-refractivity contribution in [1.29, 1.82) is 0 Å². The van der Waals surface area contributed by atoms with E-state index in [0.29, 0.717) is 17.1 Å². The van der Waals surface area contributed by atoms with Crippen LogP contribution in [-0.4, -0.2) is 17.0 Å². The zero-order valence-corrected chi connectivity index (χ0v) is 14.5. The summed E-state index contributed by atoms with van der Waals surface area (Å²) in [7, 11) is 0. The van der Waals surface area contributed by atoms with E-state index in [0.717, 1.165) is 37.0 Å². The second-order valence-electron chi connectivity index (χ2n) is 9.57. The number of hydrogen-bond donors (Lipinski definition) is 1. The third-order valence-corrected chi connectivity index (χ3v) is 8.76. The van der Waals surface area contributed by atoms with Crippen molar-refractivity contribution in [3.63, 3.8) is 0 Å². The average molecular weight is 304 g/mol. The molecule has 4 saturated carbocycles. The van der Waals surface area contributed by atoms with Gasteiger partial charge in [-0.05, 0) is 79.4 Å². The maximum absolute atomic E-state index is 12.2. The standard InChI is InChI=1S/C20H32O2/c1-12-11-20(3)13(10-17(12)21)4-5-14-15-6-7-18(22)19(15,2)9-8-16(14)20/h12-16,18,22H,4-11H2,1-3H3/t12?,13-,14-,15-,16-,18-,19-,20-/m0/s1. The molecule has 0 radical (unpaired) electrons. The van der Waals surface area contributed by atoms with E-state index in [9.17, 15) is 9.90 Å². The Morgan fingerprint density at radius 3 is 2.50 bits per heavy atom. The fourth-order valence-corrected chi connectivity index (χ4v) is 7.38. The molecule has 2 heteroatoms. The van der Waals surface area contributed by atoms with Crippen molar-refractivity contribution in [3.05, 3.63) is 0 Å². The van der Waals surface area contributed by atoms with Gasteiger partial charge in [0.05, 0.1) is 6.10 Å². The molecule has 4 aliphatic carbocycles. The van der Waals surface area contributed by atoms with Gasteiger partial charge in [0.15, 0.2) is 0 Å². The number of hydrogen-bond acceptors (Lipinski definition) is 2. The van der Waals surface area contributed by atoms with Crippen LogP contribution in [0.25, 0.3) is 0 Å². The van der Waals surface area contributed by atoms with Gasteiger partial charge in [0.2, 0.25) is 0 Å². The summed E-state index contributed by atoms with van der Waals surface area (Å²) in [6.45, 7) is 7.01. The SMILES string of the molecule is CC1C[C@@]2(C)[C@@H](CC[C@@H]3[C@@H]2CC[C@]2(C)[C@@H](O)CC[C@@H]32)CC1=O. The van der Waals surface area contributed by atoms with Gasteiger partial charge in [0.25, 0.3) is 0 Å². The summed E-state index contributed by atoms with van der Waals surface area (Å²) in [5.41, 5.74) is 0.561. The van der Waals surface area contributed by atoms with Gasteiger partial charge in [-0.15, -0.1) is 0 Å². The molecule has 0 aromatic heterocycles. The Hall–Kier alpha value is -0.370. The minimum Gasteiger partial charge on any atom is -0.393 e. The molecule has 0 amide bonds. The normalized spacial score (nSPS) is 57.9. The van der Waals surface area contributed by atoms with Crippen LogP contribution in [0, 0.1) is 40.4 Å². The number of carbonyl (C=O) groups excluding carboxylic acids is 1. The number of Topliss-reactive ketones (excluding diaryl/α,β-unsaturated/α-hetero) is 1. The van der Waals surface area contributed by atoms with Gasteiger partial charge in [0, 0.05) is 12.3 Å². The van der Waals surface area contributed by atoms with Gasteiger partial charge in [-0.25, -0.2) is 0 Å². The molecular formula is C20H32O2. The number of fused-ring (bicyclic) bond motifs is 5. The van der Waals surface area contributed by atoms with Crippen molar-refractivity contribution in [3.8, 4) is 0 Å². The van der Waals surface area contributed by atoms with Gasteiger partial charge in [-0.1, -0.05) is 20.8 Å². The molecule has 8 atom stereocenters. The Morgan fingerprint density at radius 2 is 1.73 bits per heavy atom. The lowest BCUT2D eigenvalue weighted by molar-refractivity contribution is -0.148. The van der Waals surface area contributed by atoms with E-state index in [1.165, 1.54) is 32.1 Å². The zero-order valence-electron chi connectivity index (χ0n) is 14.5. The minimum absolute atomic E-state index is 0.0733. The van der Waals surface area contributed by atoms with E-state index in [1.54, 1.807) is 0 Å². The highest BCUT2D eigenvalue weighted by atomic mass is 16.3. The maximum Gasteiger partial charge on any atom is 0.136 e. The fraction of sp³-hybridized carbons (Fsp3) is 0.950. The Kier molecular flexibility index (Phi) is 3.32. The first-order valence-corrected chi connectivity index (χ1v) is 9.57. The van der Waals surface area contributed by atoms with Crippen LogP contribution >= 0.6 is 0 Å². The molecule has 22 heavy (non-hydrogen) atoms. The molecule has 0 aromatic rings.